The Morgan fingerprint density at radius 1 is 1.27 bits per heavy atom. The third-order valence-corrected chi connectivity index (χ3v) is 5.46. The highest BCUT2D eigenvalue weighted by atomic mass is 35.5. The van der Waals surface area contributed by atoms with Crippen molar-refractivity contribution in [3.63, 3.8) is 0 Å². The van der Waals surface area contributed by atoms with Crippen LogP contribution in [0.5, 0.6) is 0 Å². The summed E-state index contributed by atoms with van der Waals surface area (Å²) in [7, 11) is 0. The molecule has 0 aliphatic heterocycles. The molecule has 26 heavy (non-hydrogen) atoms. The van der Waals surface area contributed by atoms with Crippen molar-refractivity contribution in [2.45, 2.75) is 43.6 Å². The number of carbonyl (C=O) groups is 1. The highest BCUT2D eigenvalue weighted by molar-refractivity contribution is 6.30. The highest BCUT2D eigenvalue weighted by Gasteiger charge is 2.36. The lowest BCUT2D eigenvalue weighted by atomic mass is 9.68. The number of halogens is 2. The zero-order chi connectivity index (χ0) is 17.7. The fraction of sp³-hybridized carbons (Fsp3) is 0.400. The largest absolute Gasteiger partial charge is 0.353 e. The summed E-state index contributed by atoms with van der Waals surface area (Å²) in [5.41, 5.74) is 8.25. The third kappa shape index (κ3) is 4.97. The Labute approximate surface area is 165 Å². The Hall–Kier alpha value is -1.62. The second-order valence-electron chi connectivity index (χ2n) is 6.87. The molecule has 3 N–H and O–H groups in total. The number of pyridine rings is 1. The van der Waals surface area contributed by atoms with E-state index in [2.05, 4.69) is 16.4 Å². The van der Waals surface area contributed by atoms with Crippen LogP contribution in [0.15, 0.2) is 48.8 Å². The van der Waals surface area contributed by atoms with Crippen molar-refractivity contribution < 1.29 is 4.79 Å². The monoisotopic (exact) mass is 393 g/mol. The van der Waals surface area contributed by atoms with Gasteiger partial charge in [0, 0.05) is 35.4 Å². The average molecular weight is 394 g/mol. The molecule has 1 saturated carbocycles. The minimum absolute atomic E-state index is 0. The van der Waals surface area contributed by atoms with Gasteiger partial charge in [-0.2, -0.15) is 0 Å². The van der Waals surface area contributed by atoms with Crippen molar-refractivity contribution in [3.05, 3.63) is 64.9 Å². The molecular formula is C20H25Cl2N3O. The number of rotatable bonds is 5. The summed E-state index contributed by atoms with van der Waals surface area (Å²) in [5, 5.41) is 3.91. The summed E-state index contributed by atoms with van der Waals surface area (Å²) < 4.78 is 0. The van der Waals surface area contributed by atoms with Crippen molar-refractivity contribution >= 4 is 29.9 Å². The predicted molar refractivity (Wildman–Crippen MR) is 108 cm³/mol. The summed E-state index contributed by atoms with van der Waals surface area (Å²) in [5.74, 6) is 0.0565. The number of hydrogen-bond acceptors (Lipinski definition) is 3. The summed E-state index contributed by atoms with van der Waals surface area (Å²) >= 11 is 6.15. The molecule has 1 aliphatic carbocycles. The molecule has 6 heteroatoms. The van der Waals surface area contributed by atoms with E-state index in [1.165, 1.54) is 5.56 Å². The lowest BCUT2D eigenvalue weighted by molar-refractivity contribution is -0.121. The fourth-order valence-electron chi connectivity index (χ4n) is 3.71. The molecule has 1 aliphatic rings. The van der Waals surface area contributed by atoms with Gasteiger partial charge in [0.05, 0.1) is 6.42 Å². The molecule has 0 spiro atoms. The van der Waals surface area contributed by atoms with Gasteiger partial charge >= 0.3 is 0 Å². The third-order valence-electron chi connectivity index (χ3n) is 5.22. The zero-order valence-corrected chi connectivity index (χ0v) is 16.2. The van der Waals surface area contributed by atoms with E-state index in [4.69, 9.17) is 17.3 Å². The number of nitrogens with zero attached hydrogens (tertiary/aromatic N) is 1. The van der Waals surface area contributed by atoms with E-state index >= 15 is 0 Å². The molecule has 1 amide bonds. The smallest absolute Gasteiger partial charge is 0.224 e. The first-order chi connectivity index (χ1) is 12.1. The van der Waals surface area contributed by atoms with E-state index in [0.29, 0.717) is 13.0 Å². The molecule has 1 aromatic carbocycles. The van der Waals surface area contributed by atoms with Crippen LogP contribution in [0.25, 0.3) is 0 Å². The Kier molecular flexibility index (Phi) is 7.44. The van der Waals surface area contributed by atoms with Crippen LogP contribution >= 0.6 is 24.0 Å². The van der Waals surface area contributed by atoms with Crippen LogP contribution in [0.4, 0.5) is 0 Å². The van der Waals surface area contributed by atoms with E-state index in [1.54, 1.807) is 12.4 Å². The first-order valence-electron chi connectivity index (χ1n) is 8.76. The molecule has 0 atom stereocenters. The van der Waals surface area contributed by atoms with Gasteiger partial charge in [0.2, 0.25) is 5.91 Å². The summed E-state index contributed by atoms with van der Waals surface area (Å²) in [6.45, 7) is 0.601. The fourth-order valence-corrected chi connectivity index (χ4v) is 3.90. The molecule has 1 aromatic heterocycles. The molecular weight excluding hydrogens is 369 g/mol. The second-order valence-corrected chi connectivity index (χ2v) is 7.31. The molecule has 140 valence electrons. The van der Waals surface area contributed by atoms with Gasteiger partial charge in [-0.25, -0.2) is 0 Å². The Balaban J connectivity index is 0.00000243. The van der Waals surface area contributed by atoms with E-state index in [-0.39, 0.29) is 29.8 Å². The second kappa shape index (κ2) is 9.36. The summed E-state index contributed by atoms with van der Waals surface area (Å²) in [6.07, 6.45) is 7.61. The molecule has 2 aromatic rings. The van der Waals surface area contributed by atoms with Crippen LogP contribution < -0.4 is 11.1 Å². The van der Waals surface area contributed by atoms with Gasteiger partial charge in [0.1, 0.15) is 0 Å². The Morgan fingerprint density at radius 3 is 2.65 bits per heavy atom. The van der Waals surface area contributed by atoms with Crippen molar-refractivity contribution in [3.8, 4) is 0 Å². The maximum atomic E-state index is 12.2. The summed E-state index contributed by atoms with van der Waals surface area (Å²) in [6, 6.07) is 12.0. The Morgan fingerprint density at radius 2 is 2.04 bits per heavy atom. The van der Waals surface area contributed by atoms with Crippen LogP contribution in [0.1, 0.15) is 36.8 Å². The predicted octanol–water partition coefficient (Wildman–Crippen LogP) is 3.65. The number of nitrogens with two attached hydrogens (primary N) is 1. The summed E-state index contributed by atoms with van der Waals surface area (Å²) in [4.78, 5) is 16.3. The van der Waals surface area contributed by atoms with Gasteiger partial charge in [-0.15, -0.1) is 12.4 Å². The van der Waals surface area contributed by atoms with Gasteiger partial charge in [0.15, 0.2) is 0 Å². The normalized spacial score (nSPS) is 22.3. The van der Waals surface area contributed by atoms with Crippen molar-refractivity contribution in [2.24, 2.45) is 5.73 Å². The molecule has 4 nitrogen and oxygen atoms in total. The van der Waals surface area contributed by atoms with Gasteiger partial charge in [-0.1, -0.05) is 29.8 Å². The SMILES string of the molecule is Cl.NCC1(c2cccc(Cl)c2)CCC(NC(=O)Cc2cccnc2)CC1. The number of hydrogen-bond donors (Lipinski definition) is 2. The number of nitrogens with one attached hydrogen (secondary N) is 1. The average Bonchev–Trinajstić information content (AvgIpc) is 2.63. The minimum atomic E-state index is -0.0323. The number of carbonyl (C=O) groups excluding carboxylic acids is 1. The lowest BCUT2D eigenvalue weighted by Gasteiger charge is -2.40. The topological polar surface area (TPSA) is 68.0 Å². The van der Waals surface area contributed by atoms with E-state index < -0.39 is 0 Å². The zero-order valence-electron chi connectivity index (χ0n) is 14.7. The number of aromatic nitrogens is 1. The van der Waals surface area contributed by atoms with Gasteiger partial charge in [0.25, 0.3) is 0 Å². The maximum Gasteiger partial charge on any atom is 0.224 e. The lowest BCUT2D eigenvalue weighted by Crippen LogP contribution is -2.45. The Bertz CT molecular complexity index is 716. The number of benzene rings is 1. The number of amides is 1. The van der Waals surface area contributed by atoms with Gasteiger partial charge in [-0.05, 0) is 55.0 Å². The first-order valence-corrected chi connectivity index (χ1v) is 9.13. The van der Waals surface area contributed by atoms with E-state index in [1.807, 2.05) is 30.3 Å². The van der Waals surface area contributed by atoms with Crippen molar-refractivity contribution in [2.75, 3.05) is 6.54 Å². The van der Waals surface area contributed by atoms with Crippen LogP contribution in [-0.2, 0) is 16.6 Å². The van der Waals surface area contributed by atoms with Crippen molar-refractivity contribution in [1.82, 2.24) is 10.3 Å². The molecule has 1 heterocycles. The standard InChI is InChI=1S/C20H24ClN3O.ClH/c21-17-5-1-4-16(12-17)20(14-22)8-6-18(7-9-20)24-19(25)11-15-3-2-10-23-13-15;/h1-5,10,12-13,18H,6-9,11,14,22H2,(H,24,25);1H. The van der Waals surface area contributed by atoms with Crippen LogP contribution in [0.3, 0.4) is 0 Å². The van der Waals surface area contributed by atoms with Gasteiger partial charge < -0.3 is 11.1 Å². The molecule has 0 unspecified atom stereocenters. The minimum Gasteiger partial charge on any atom is -0.353 e. The molecule has 1 fully saturated rings. The molecule has 0 saturated heterocycles. The van der Waals surface area contributed by atoms with Crippen LogP contribution in [0, 0.1) is 0 Å². The highest BCUT2D eigenvalue weighted by Crippen LogP contribution is 2.39. The van der Waals surface area contributed by atoms with Gasteiger partial charge in [-0.3, -0.25) is 9.78 Å². The molecule has 0 bridgehead atoms. The van der Waals surface area contributed by atoms with Crippen LogP contribution in [-0.4, -0.2) is 23.5 Å². The quantitative estimate of drug-likeness (QED) is 0.814. The van der Waals surface area contributed by atoms with E-state index in [0.717, 1.165) is 36.3 Å². The van der Waals surface area contributed by atoms with E-state index in [9.17, 15) is 4.79 Å². The van der Waals surface area contributed by atoms with Crippen LogP contribution in [0.2, 0.25) is 5.02 Å². The molecule has 3 rings (SSSR count). The maximum absolute atomic E-state index is 12.2. The van der Waals surface area contributed by atoms with Crippen molar-refractivity contribution in [1.29, 1.82) is 0 Å². The first kappa shape index (κ1) is 20.7. The molecule has 0 radical (unpaired) electrons.